The van der Waals surface area contributed by atoms with Crippen molar-refractivity contribution >= 4 is 17.4 Å². The number of hydrogen-bond donors (Lipinski definition) is 1. The smallest absolute Gasteiger partial charge is 0.271 e. The molecule has 1 N–H and O–H groups in total. The molecule has 1 saturated heterocycles. The van der Waals surface area contributed by atoms with Crippen molar-refractivity contribution < 1.29 is 0 Å². The van der Waals surface area contributed by atoms with Crippen molar-refractivity contribution in [1.29, 1.82) is 0 Å². The molecule has 0 unspecified atom stereocenters. The molecule has 0 atom stereocenters. The summed E-state index contributed by atoms with van der Waals surface area (Å²) in [4.78, 5) is 20.0. The third-order valence-corrected chi connectivity index (χ3v) is 3.10. The predicted molar refractivity (Wildman–Crippen MR) is 60.5 cm³/mol. The van der Waals surface area contributed by atoms with Crippen molar-refractivity contribution in [3.8, 4) is 0 Å². The summed E-state index contributed by atoms with van der Waals surface area (Å²) in [6.07, 6.45) is 2.49. The van der Waals surface area contributed by atoms with Crippen LogP contribution in [0.3, 0.4) is 0 Å². The normalized spacial score (nSPS) is 19.5. The lowest BCUT2D eigenvalue weighted by molar-refractivity contribution is 0.418. The minimum atomic E-state index is -0.272. The van der Waals surface area contributed by atoms with Gasteiger partial charge in [0.05, 0.1) is 6.33 Å². The SMILES string of the molecule is CC1(C)CCN(c2nc[nH]c(=O)c2Cl)C1. The zero-order valence-electron chi connectivity index (χ0n) is 8.88. The second-order valence-electron chi connectivity index (χ2n) is 4.71. The lowest BCUT2D eigenvalue weighted by Gasteiger charge is -2.20. The van der Waals surface area contributed by atoms with Crippen molar-refractivity contribution in [2.75, 3.05) is 18.0 Å². The largest absolute Gasteiger partial charge is 0.355 e. The Hall–Kier alpha value is -1.03. The molecule has 0 radical (unpaired) electrons. The van der Waals surface area contributed by atoms with E-state index < -0.39 is 0 Å². The fourth-order valence-electron chi connectivity index (χ4n) is 1.89. The van der Waals surface area contributed by atoms with Crippen molar-refractivity contribution in [1.82, 2.24) is 9.97 Å². The van der Waals surface area contributed by atoms with E-state index >= 15 is 0 Å². The zero-order valence-corrected chi connectivity index (χ0v) is 9.64. The molecule has 15 heavy (non-hydrogen) atoms. The van der Waals surface area contributed by atoms with E-state index in [2.05, 4.69) is 28.7 Å². The summed E-state index contributed by atoms with van der Waals surface area (Å²) < 4.78 is 0. The summed E-state index contributed by atoms with van der Waals surface area (Å²) in [5.74, 6) is 0.603. The first-order chi connectivity index (χ1) is 6.99. The van der Waals surface area contributed by atoms with Gasteiger partial charge in [0, 0.05) is 13.1 Å². The molecule has 2 heterocycles. The Bertz CT molecular complexity index is 427. The van der Waals surface area contributed by atoms with Gasteiger partial charge in [-0.2, -0.15) is 0 Å². The van der Waals surface area contributed by atoms with Crippen LogP contribution in [0, 0.1) is 5.41 Å². The maximum Gasteiger partial charge on any atom is 0.271 e. The van der Waals surface area contributed by atoms with Crippen molar-refractivity contribution in [3.05, 3.63) is 21.7 Å². The topological polar surface area (TPSA) is 49.0 Å². The number of hydrogen-bond acceptors (Lipinski definition) is 3. The Labute approximate surface area is 93.3 Å². The average molecular weight is 228 g/mol. The van der Waals surface area contributed by atoms with E-state index in [4.69, 9.17) is 11.6 Å². The van der Waals surface area contributed by atoms with Crippen LogP contribution in [0.4, 0.5) is 5.82 Å². The fourth-order valence-corrected chi connectivity index (χ4v) is 2.11. The minimum Gasteiger partial charge on any atom is -0.355 e. The molecule has 82 valence electrons. The Balaban J connectivity index is 2.32. The molecular weight excluding hydrogens is 214 g/mol. The van der Waals surface area contributed by atoms with Gasteiger partial charge in [0.15, 0.2) is 5.82 Å². The second-order valence-corrected chi connectivity index (χ2v) is 5.08. The van der Waals surface area contributed by atoms with Gasteiger partial charge in [-0.3, -0.25) is 4.79 Å². The fraction of sp³-hybridized carbons (Fsp3) is 0.600. The lowest BCUT2D eigenvalue weighted by atomic mass is 9.93. The van der Waals surface area contributed by atoms with E-state index in [-0.39, 0.29) is 16.0 Å². The molecule has 1 fully saturated rings. The highest BCUT2D eigenvalue weighted by Crippen LogP contribution is 2.33. The van der Waals surface area contributed by atoms with Gasteiger partial charge in [-0.05, 0) is 11.8 Å². The first-order valence-corrected chi connectivity index (χ1v) is 5.35. The monoisotopic (exact) mass is 227 g/mol. The average Bonchev–Trinajstić information content (AvgIpc) is 2.51. The number of aromatic amines is 1. The Morgan fingerprint density at radius 2 is 2.33 bits per heavy atom. The Kier molecular flexibility index (Phi) is 2.46. The first-order valence-electron chi connectivity index (χ1n) is 4.98. The van der Waals surface area contributed by atoms with Crippen molar-refractivity contribution in [3.63, 3.8) is 0 Å². The van der Waals surface area contributed by atoms with Gasteiger partial charge in [-0.25, -0.2) is 4.98 Å². The molecule has 1 aromatic rings. The molecule has 4 nitrogen and oxygen atoms in total. The molecule has 1 aromatic heterocycles. The van der Waals surface area contributed by atoms with Crippen LogP contribution in [-0.2, 0) is 0 Å². The number of H-pyrrole nitrogens is 1. The maximum absolute atomic E-state index is 11.3. The van der Waals surface area contributed by atoms with Gasteiger partial charge in [0.1, 0.15) is 5.02 Å². The molecule has 0 amide bonds. The quantitative estimate of drug-likeness (QED) is 0.794. The molecule has 0 bridgehead atoms. The zero-order chi connectivity index (χ0) is 11.1. The van der Waals surface area contributed by atoms with Crippen LogP contribution < -0.4 is 10.5 Å². The summed E-state index contributed by atoms with van der Waals surface area (Å²) in [6, 6.07) is 0. The number of nitrogens with one attached hydrogen (secondary N) is 1. The van der Waals surface area contributed by atoms with E-state index in [1.807, 2.05) is 0 Å². The third kappa shape index (κ3) is 2.00. The number of aromatic nitrogens is 2. The highest BCUT2D eigenvalue weighted by molar-refractivity contribution is 6.32. The van der Waals surface area contributed by atoms with E-state index in [0.717, 1.165) is 19.5 Å². The van der Waals surface area contributed by atoms with E-state index in [0.29, 0.717) is 5.82 Å². The molecule has 1 aliphatic rings. The number of anilines is 1. The molecule has 0 aromatic carbocycles. The Morgan fingerprint density at radius 3 is 2.93 bits per heavy atom. The van der Waals surface area contributed by atoms with Crippen LogP contribution in [-0.4, -0.2) is 23.1 Å². The van der Waals surface area contributed by atoms with Crippen LogP contribution in [0.25, 0.3) is 0 Å². The molecule has 5 heteroatoms. The van der Waals surface area contributed by atoms with Gasteiger partial charge in [-0.15, -0.1) is 0 Å². The van der Waals surface area contributed by atoms with E-state index in [9.17, 15) is 4.79 Å². The van der Waals surface area contributed by atoms with Crippen LogP contribution >= 0.6 is 11.6 Å². The first kappa shape index (κ1) is 10.5. The van der Waals surface area contributed by atoms with Crippen molar-refractivity contribution in [2.45, 2.75) is 20.3 Å². The van der Waals surface area contributed by atoms with Gasteiger partial charge < -0.3 is 9.88 Å². The molecular formula is C10H14ClN3O. The summed E-state index contributed by atoms with van der Waals surface area (Å²) >= 11 is 5.92. The highest BCUT2D eigenvalue weighted by Gasteiger charge is 2.31. The lowest BCUT2D eigenvalue weighted by Crippen LogP contribution is -2.26. The minimum absolute atomic E-state index is 0.190. The van der Waals surface area contributed by atoms with E-state index in [1.54, 1.807) is 0 Å². The van der Waals surface area contributed by atoms with Gasteiger partial charge in [-0.1, -0.05) is 25.4 Å². The van der Waals surface area contributed by atoms with Gasteiger partial charge >= 0.3 is 0 Å². The highest BCUT2D eigenvalue weighted by atomic mass is 35.5. The molecule has 0 saturated carbocycles. The summed E-state index contributed by atoms with van der Waals surface area (Å²) in [7, 11) is 0. The molecule has 0 spiro atoms. The van der Waals surface area contributed by atoms with E-state index in [1.165, 1.54) is 6.33 Å². The van der Waals surface area contributed by atoms with Gasteiger partial charge in [0.2, 0.25) is 0 Å². The number of rotatable bonds is 1. The summed E-state index contributed by atoms with van der Waals surface area (Å²) in [5, 5.41) is 0.190. The number of halogens is 1. The van der Waals surface area contributed by atoms with Crippen molar-refractivity contribution in [2.24, 2.45) is 5.41 Å². The predicted octanol–water partition coefficient (Wildman–Crippen LogP) is 1.66. The third-order valence-electron chi connectivity index (χ3n) is 2.76. The van der Waals surface area contributed by atoms with Crippen LogP contribution in [0.2, 0.25) is 5.02 Å². The summed E-state index contributed by atoms with van der Waals surface area (Å²) in [5.41, 5.74) is -0.000436. The van der Waals surface area contributed by atoms with Gasteiger partial charge in [0.25, 0.3) is 5.56 Å². The molecule has 0 aliphatic carbocycles. The van der Waals surface area contributed by atoms with Crippen LogP contribution in [0.1, 0.15) is 20.3 Å². The maximum atomic E-state index is 11.3. The second kappa shape index (κ2) is 3.52. The standard InChI is InChI=1S/C10H14ClN3O/c1-10(2)3-4-14(5-10)8-7(11)9(15)13-6-12-8/h6H,3-5H2,1-2H3,(H,12,13,15). The number of nitrogens with zero attached hydrogens (tertiary/aromatic N) is 2. The Morgan fingerprint density at radius 1 is 1.60 bits per heavy atom. The van der Waals surface area contributed by atoms with Crippen LogP contribution in [0.5, 0.6) is 0 Å². The van der Waals surface area contributed by atoms with Crippen LogP contribution in [0.15, 0.2) is 11.1 Å². The summed E-state index contributed by atoms with van der Waals surface area (Å²) in [6.45, 7) is 6.20. The molecule has 2 rings (SSSR count). The molecule has 1 aliphatic heterocycles.